The fourth-order valence-electron chi connectivity index (χ4n) is 3.79. The van der Waals surface area contributed by atoms with Crippen molar-refractivity contribution in [2.45, 2.75) is 6.54 Å². The minimum Gasteiger partial charge on any atom is -0.454 e. The summed E-state index contributed by atoms with van der Waals surface area (Å²) in [6.07, 6.45) is 1.77. The topological polar surface area (TPSA) is 82.8 Å². The zero-order valence-electron chi connectivity index (χ0n) is 16.2. The Bertz CT molecular complexity index is 1470. The van der Waals surface area contributed by atoms with Gasteiger partial charge in [-0.05, 0) is 48.6 Å². The van der Waals surface area contributed by atoms with Gasteiger partial charge in [0.15, 0.2) is 27.9 Å². The van der Waals surface area contributed by atoms with Crippen LogP contribution in [-0.4, -0.2) is 36.1 Å². The van der Waals surface area contributed by atoms with Crippen LogP contribution in [0.4, 0.5) is 0 Å². The Kier molecular flexibility index (Phi) is 4.07. The molecule has 0 radical (unpaired) electrons. The standard InChI is InChI=1S/C22H16N6O2S/c31-22-26-25-20(28(22)14-8-9-18-19(11-14)30-13-29-18)12-27-17-7-2-1-5-15(17)24-21(27)16-6-3-4-10-23-16/h1-11H,12-13H2,(H,26,31). The molecule has 1 aliphatic rings. The summed E-state index contributed by atoms with van der Waals surface area (Å²) in [6, 6.07) is 19.5. The molecule has 0 saturated heterocycles. The first kappa shape index (κ1) is 17.8. The number of pyridine rings is 1. The first-order chi connectivity index (χ1) is 15.3. The van der Waals surface area contributed by atoms with Crippen molar-refractivity contribution in [2.24, 2.45) is 0 Å². The Morgan fingerprint density at radius 1 is 1.00 bits per heavy atom. The van der Waals surface area contributed by atoms with E-state index in [1.165, 1.54) is 0 Å². The Balaban J connectivity index is 1.50. The molecule has 0 unspecified atom stereocenters. The second-order valence-electron chi connectivity index (χ2n) is 7.04. The van der Waals surface area contributed by atoms with Gasteiger partial charge in [0.1, 0.15) is 5.69 Å². The van der Waals surface area contributed by atoms with Crippen molar-refractivity contribution in [3.63, 3.8) is 0 Å². The van der Waals surface area contributed by atoms with Gasteiger partial charge in [-0.3, -0.25) is 14.6 Å². The van der Waals surface area contributed by atoms with Crippen LogP contribution in [0.2, 0.25) is 0 Å². The Morgan fingerprint density at radius 2 is 1.87 bits per heavy atom. The van der Waals surface area contributed by atoms with Crippen LogP contribution < -0.4 is 9.47 Å². The van der Waals surface area contributed by atoms with Gasteiger partial charge in [0.25, 0.3) is 0 Å². The number of benzene rings is 2. The number of imidazole rings is 1. The lowest BCUT2D eigenvalue weighted by atomic mass is 10.2. The average molecular weight is 428 g/mol. The second kappa shape index (κ2) is 7.06. The van der Waals surface area contributed by atoms with E-state index >= 15 is 0 Å². The van der Waals surface area contributed by atoms with Crippen molar-refractivity contribution in [3.05, 3.63) is 77.5 Å². The quantitative estimate of drug-likeness (QED) is 0.434. The monoisotopic (exact) mass is 428 g/mol. The van der Waals surface area contributed by atoms with Gasteiger partial charge in [0, 0.05) is 12.3 Å². The molecule has 6 rings (SSSR count). The predicted octanol–water partition coefficient (Wildman–Crippen LogP) is 4.12. The molecule has 3 aromatic heterocycles. The van der Waals surface area contributed by atoms with Gasteiger partial charge >= 0.3 is 0 Å². The minimum atomic E-state index is 0.219. The highest BCUT2D eigenvalue weighted by Crippen LogP contribution is 2.34. The maximum atomic E-state index is 5.54. The molecule has 0 bridgehead atoms. The lowest BCUT2D eigenvalue weighted by Gasteiger charge is -2.11. The highest BCUT2D eigenvalue weighted by molar-refractivity contribution is 7.71. The van der Waals surface area contributed by atoms with Gasteiger partial charge in [0.05, 0.1) is 23.3 Å². The number of hydrogen-bond acceptors (Lipinski definition) is 6. The van der Waals surface area contributed by atoms with Crippen LogP contribution >= 0.6 is 12.2 Å². The molecule has 31 heavy (non-hydrogen) atoms. The molecular formula is C22H16N6O2S. The summed E-state index contributed by atoms with van der Waals surface area (Å²) < 4.78 is 15.5. The molecule has 0 amide bonds. The summed E-state index contributed by atoms with van der Waals surface area (Å²) in [5.41, 5.74) is 3.53. The molecule has 1 N–H and O–H groups in total. The summed E-state index contributed by atoms with van der Waals surface area (Å²) in [5, 5.41) is 7.42. The van der Waals surface area contributed by atoms with Gasteiger partial charge in [-0.1, -0.05) is 18.2 Å². The Hall–Kier alpha value is -3.98. The summed E-state index contributed by atoms with van der Waals surface area (Å²) >= 11 is 5.54. The van der Waals surface area contributed by atoms with E-state index in [4.69, 9.17) is 26.7 Å². The van der Waals surface area contributed by atoms with Gasteiger partial charge in [0.2, 0.25) is 6.79 Å². The summed E-state index contributed by atoms with van der Waals surface area (Å²) in [7, 11) is 0. The van der Waals surface area contributed by atoms with Crippen LogP contribution in [0, 0.1) is 4.77 Å². The Morgan fingerprint density at radius 3 is 2.77 bits per heavy atom. The third-order valence-electron chi connectivity index (χ3n) is 5.20. The van der Waals surface area contributed by atoms with E-state index < -0.39 is 0 Å². The highest BCUT2D eigenvalue weighted by atomic mass is 32.1. The Labute approximate surface area is 181 Å². The maximum absolute atomic E-state index is 5.54. The number of aromatic nitrogens is 6. The van der Waals surface area contributed by atoms with E-state index in [2.05, 4.69) is 19.7 Å². The fraction of sp³-hybridized carbons (Fsp3) is 0.0909. The van der Waals surface area contributed by atoms with Crippen molar-refractivity contribution in [2.75, 3.05) is 6.79 Å². The number of H-pyrrole nitrogens is 1. The van der Waals surface area contributed by atoms with Crippen LogP contribution in [0.3, 0.4) is 0 Å². The molecule has 0 atom stereocenters. The van der Waals surface area contributed by atoms with Crippen molar-refractivity contribution in [1.29, 1.82) is 0 Å². The normalized spacial score (nSPS) is 12.5. The molecule has 0 spiro atoms. The molecule has 4 heterocycles. The average Bonchev–Trinajstić information content (AvgIpc) is 3.51. The summed E-state index contributed by atoms with van der Waals surface area (Å²) in [5.74, 6) is 2.92. The highest BCUT2D eigenvalue weighted by Gasteiger charge is 2.19. The number of aromatic amines is 1. The molecule has 0 saturated carbocycles. The van der Waals surface area contributed by atoms with Crippen LogP contribution in [0.15, 0.2) is 66.9 Å². The second-order valence-corrected chi connectivity index (χ2v) is 7.43. The lowest BCUT2D eigenvalue weighted by molar-refractivity contribution is 0.174. The first-order valence-electron chi connectivity index (χ1n) is 9.71. The van der Waals surface area contributed by atoms with Crippen LogP contribution in [-0.2, 0) is 6.54 Å². The fourth-order valence-corrected chi connectivity index (χ4v) is 4.05. The molecular weight excluding hydrogens is 412 g/mol. The lowest BCUT2D eigenvalue weighted by Crippen LogP contribution is -2.09. The number of nitrogens with one attached hydrogen (secondary N) is 1. The van der Waals surface area contributed by atoms with E-state index in [-0.39, 0.29) is 6.79 Å². The third kappa shape index (κ3) is 2.98. The summed E-state index contributed by atoms with van der Waals surface area (Å²) in [4.78, 5) is 9.33. The van der Waals surface area contributed by atoms with E-state index in [1.54, 1.807) is 6.20 Å². The molecule has 2 aromatic carbocycles. The minimum absolute atomic E-state index is 0.219. The summed E-state index contributed by atoms with van der Waals surface area (Å²) in [6.45, 7) is 0.672. The van der Waals surface area contributed by atoms with Crippen molar-refractivity contribution < 1.29 is 9.47 Å². The van der Waals surface area contributed by atoms with Crippen molar-refractivity contribution in [3.8, 4) is 28.7 Å². The molecule has 8 nitrogen and oxygen atoms in total. The van der Waals surface area contributed by atoms with Crippen molar-refractivity contribution >= 4 is 23.3 Å². The smallest absolute Gasteiger partial charge is 0.231 e. The molecule has 5 aromatic rings. The first-order valence-corrected chi connectivity index (χ1v) is 10.1. The van der Waals surface area contributed by atoms with Crippen LogP contribution in [0.5, 0.6) is 11.5 Å². The number of hydrogen-bond donors (Lipinski definition) is 1. The van der Waals surface area contributed by atoms with E-state index in [1.807, 2.05) is 65.2 Å². The molecule has 152 valence electrons. The predicted molar refractivity (Wildman–Crippen MR) is 117 cm³/mol. The van der Waals surface area contributed by atoms with Crippen molar-refractivity contribution in [1.82, 2.24) is 29.3 Å². The van der Waals surface area contributed by atoms with Crippen LogP contribution in [0.25, 0.3) is 28.2 Å². The van der Waals surface area contributed by atoms with Gasteiger partial charge in [-0.2, -0.15) is 5.10 Å². The number of para-hydroxylation sites is 2. The molecule has 0 fully saturated rings. The molecule has 1 aliphatic heterocycles. The van der Waals surface area contributed by atoms with E-state index in [0.717, 1.165) is 39.8 Å². The van der Waals surface area contributed by atoms with Gasteiger partial charge < -0.3 is 14.0 Å². The number of ether oxygens (including phenoxy) is 2. The van der Waals surface area contributed by atoms with Gasteiger partial charge in [-0.15, -0.1) is 0 Å². The van der Waals surface area contributed by atoms with Gasteiger partial charge in [-0.25, -0.2) is 4.98 Å². The zero-order chi connectivity index (χ0) is 20.8. The zero-order valence-corrected chi connectivity index (χ0v) is 17.0. The largest absolute Gasteiger partial charge is 0.454 e. The number of nitrogens with zero attached hydrogens (tertiary/aromatic N) is 5. The third-order valence-corrected chi connectivity index (χ3v) is 5.48. The SMILES string of the molecule is S=c1[nH]nc(Cn2c(-c3ccccn3)nc3ccccc32)n1-c1ccc2c(c1)OCO2. The number of fused-ring (bicyclic) bond motifs is 2. The molecule has 0 aliphatic carbocycles. The maximum Gasteiger partial charge on any atom is 0.231 e. The van der Waals surface area contributed by atoms with E-state index in [9.17, 15) is 0 Å². The number of rotatable bonds is 4. The molecule has 9 heteroatoms. The van der Waals surface area contributed by atoms with Crippen LogP contribution in [0.1, 0.15) is 5.82 Å². The van der Waals surface area contributed by atoms with E-state index in [0.29, 0.717) is 17.1 Å².